The summed E-state index contributed by atoms with van der Waals surface area (Å²) in [6.07, 6.45) is 0. The molecular formula is C42H31N3. The SMILES string of the molecule is c1ccc(-c2ccccc2Nc2ccc(N(c3ccccc3)c3ccc(-n4c5ccccc5c5ccccc54)cc3)cc2)cc1. The summed E-state index contributed by atoms with van der Waals surface area (Å²) in [4.78, 5) is 2.30. The molecule has 0 bridgehead atoms. The van der Waals surface area contributed by atoms with E-state index in [1.165, 1.54) is 32.9 Å². The van der Waals surface area contributed by atoms with Crippen LogP contribution in [0.3, 0.4) is 0 Å². The third-order valence-corrected chi connectivity index (χ3v) is 8.38. The molecule has 3 heteroatoms. The summed E-state index contributed by atoms with van der Waals surface area (Å²) in [6.45, 7) is 0. The fourth-order valence-electron chi connectivity index (χ4n) is 6.29. The third-order valence-electron chi connectivity index (χ3n) is 8.38. The van der Waals surface area contributed by atoms with Crippen LogP contribution < -0.4 is 10.2 Å². The summed E-state index contributed by atoms with van der Waals surface area (Å²) in [5.74, 6) is 0. The van der Waals surface area contributed by atoms with Crippen LogP contribution in [0.2, 0.25) is 0 Å². The van der Waals surface area contributed by atoms with Crippen LogP contribution in [-0.4, -0.2) is 4.57 Å². The fourth-order valence-corrected chi connectivity index (χ4v) is 6.29. The quantitative estimate of drug-likeness (QED) is 0.203. The Hall–Kier alpha value is -6.06. The number of benzene rings is 7. The average Bonchev–Trinajstić information content (AvgIpc) is 3.45. The molecule has 0 amide bonds. The van der Waals surface area contributed by atoms with E-state index < -0.39 is 0 Å². The smallest absolute Gasteiger partial charge is 0.0541 e. The highest BCUT2D eigenvalue weighted by Crippen LogP contribution is 2.38. The van der Waals surface area contributed by atoms with Crippen molar-refractivity contribution in [2.75, 3.05) is 10.2 Å². The Kier molecular flexibility index (Phi) is 6.82. The Morgan fingerprint density at radius 3 is 1.53 bits per heavy atom. The van der Waals surface area contributed by atoms with Gasteiger partial charge < -0.3 is 14.8 Å². The van der Waals surface area contributed by atoms with Gasteiger partial charge in [-0.15, -0.1) is 0 Å². The fraction of sp³-hybridized carbons (Fsp3) is 0. The van der Waals surface area contributed by atoms with E-state index in [4.69, 9.17) is 0 Å². The summed E-state index contributed by atoms with van der Waals surface area (Å²) < 4.78 is 2.36. The molecule has 214 valence electrons. The minimum atomic E-state index is 1.04. The first-order valence-corrected chi connectivity index (χ1v) is 15.3. The van der Waals surface area contributed by atoms with E-state index >= 15 is 0 Å². The van der Waals surface area contributed by atoms with Crippen LogP contribution in [0.25, 0.3) is 38.6 Å². The highest BCUT2D eigenvalue weighted by atomic mass is 15.1. The Morgan fingerprint density at radius 2 is 0.889 bits per heavy atom. The Bertz CT molecular complexity index is 2160. The maximum atomic E-state index is 3.65. The molecule has 0 saturated carbocycles. The van der Waals surface area contributed by atoms with Crippen molar-refractivity contribution >= 4 is 50.2 Å². The Morgan fingerprint density at radius 1 is 0.400 bits per heavy atom. The van der Waals surface area contributed by atoms with Crippen molar-refractivity contribution < 1.29 is 0 Å². The van der Waals surface area contributed by atoms with E-state index in [0.29, 0.717) is 0 Å². The van der Waals surface area contributed by atoms with Crippen molar-refractivity contribution in [2.45, 2.75) is 0 Å². The van der Waals surface area contributed by atoms with Gasteiger partial charge in [0, 0.05) is 50.5 Å². The van der Waals surface area contributed by atoms with E-state index in [-0.39, 0.29) is 0 Å². The lowest BCUT2D eigenvalue weighted by atomic mass is 10.0. The van der Waals surface area contributed by atoms with Crippen molar-refractivity contribution in [3.8, 4) is 16.8 Å². The van der Waals surface area contributed by atoms with Gasteiger partial charge in [0.1, 0.15) is 0 Å². The maximum Gasteiger partial charge on any atom is 0.0541 e. The number of para-hydroxylation sites is 4. The molecule has 8 aromatic rings. The van der Waals surface area contributed by atoms with E-state index in [2.05, 4.69) is 197 Å². The number of aromatic nitrogens is 1. The van der Waals surface area contributed by atoms with Gasteiger partial charge in [0.2, 0.25) is 0 Å². The molecule has 0 fully saturated rings. The molecule has 45 heavy (non-hydrogen) atoms. The van der Waals surface area contributed by atoms with E-state index in [0.717, 1.165) is 34.1 Å². The lowest BCUT2D eigenvalue weighted by Gasteiger charge is -2.26. The monoisotopic (exact) mass is 577 g/mol. The molecule has 0 saturated heterocycles. The average molecular weight is 578 g/mol. The second-order valence-electron chi connectivity index (χ2n) is 11.1. The highest BCUT2D eigenvalue weighted by Gasteiger charge is 2.15. The van der Waals surface area contributed by atoms with Gasteiger partial charge in [-0.2, -0.15) is 0 Å². The standard InChI is InChI=1S/C42H31N3/c1-3-13-31(14-4-1)37-17-7-10-20-40(37)43-32-23-25-34(26-24-32)44(33-15-5-2-6-16-33)35-27-29-36(30-28-35)45-41-21-11-8-18-38(41)39-19-9-12-22-42(39)45/h1-30,43H. The zero-order chi connectivity index (χ0) is 30.0. The first kappa shape index (κ1) is 26.6. The molecule has 0 radical (unpaired) electrons. The zero-order valence-electron chi connectivity index (χ0n) is 24.7. The van der Waals surface area contributed by atoms with Gasteiger partial charge in [0.15, 0.2) is 0 Å². The molecule has 1 aromatic heterocycles. The second kappa shape index (κ2) is 11.6. The highest BCUT2D eigenvalue weighted by molar-refractivity contribution is 6.09. The molecule has 0 aliphatic rings. The van der Waals surface area contributed by atoms with Crippen molar-refractivity contribution in [3.05, 3.63) is 182 Å². The summed E-state index contributed by atoms with van der Waals surface area (Å²) in [5.41, 5.74) is 11.3. The molecule has 3 nitrogen and oxygen atoms in total. The molecule has 8 rings (SSSR count). The number of fused-ring (bicyclic) bond motifs is 3. The van der Waals surface area contributed by atoms with E-state index in [1.807, 2.05) is 0 Å². The van der Waals surface area contributed by atoms with Crippen LogP contribution in [0.4, 0.5) is 28.4 Å². The van der Waals surface area contributed by atoms with Crippen molar-refractivity contribution in [1.29, 1.82) is 0 Å². The third kappa shape index (κ3) is 5.01. The second-order valence-corrected chi connectivity index (χ2v) is 11.1. The van der Waals surface area contributed by atoms with Gasteiger partial charge in [0.05, 0.1) is 11.0 Å². The number of nitrogens with zero attached hydrogens (tertiary/aromatic N) is 2. The predicted molar refractivity (Wildman–Crippen MR) is 191 cm³/mol. The molecule has 0 atom stereocenters. The summed E-state index contributed by atoms with van der Waals surface area (Å²) >= 11 is 0. The summed E-state index contributed by atoms with van der Waals surface area (Å²) in [6, 6.07) is 64.3. The lowest BCUT2D eigenvalue weighted by molar-refractivity contribution is 1.17. The topological polar surface area (TPSA) is 20.2 Å². The molecule has 0 spiro atoms. The van der Waals surface area contributed by atoms with Crippen LogP contribution in [-0.2, 0) is 0 Å². The van der Waals surface area contributed by atoms with Crippen LogP contribution >= 0.6 is 0 Å². The number of nitrogens with one attached hydrogen (secondary N) is 1. The number of hydrogen-bond acceptors (Lipinski definition) is 2. The van der Waals surface area contributed by atoms with Crippen molar-refractivity contribution in [3.63, 3.8) is 0 Å². The van der Waals surface area contributed by atoms with Gasteiger partial charge in [-0.05, 0) is 84.4 Å². The number of anilines is 5. The van der Waals surface area contributed by atoms with Crippen LogP contribution in [0.1, 0.15) is 0 Å². The minimum Gasteiger partial charge on any atom is -0.355 e. The molecule has 0 aliphatic heterocycles. The zero-order valence-corrected chi connectivity index (χ0v) is 24.7. The summed E-state index contributed by atoms with van der Waals surface area (Å²) in [7, 11) is 0. The molecule has 1 N–H and O–H groups in total. The van der Waals surface area contributed by atoms with Crippen LogP contribution in [0, 0.1) is 0 Å². The predicted octanol–water partition coefficient (Wildman–Crippen LogP) is 11.7. The molecule has 0 aliphatic carbocycles. The lowest BCUT2D eigenvalue weighted by Crippen LogP contribution is -2.10. The Labute approximate surface area is 263 Å². The van der Waals surface area contributed by atoms with Crippen molar-refractivity contribution in [2.24, 2.45) is 0 Å². The van der Waals surface area contributed by atoms with E-state index in [9.17, 15) is 0 Å². The number of hydrogen-bond donors (Lipinski definition) is 1. The van der Waals surface area contributed by atoms with E-state index in [1.54, 1.807) is 0 Å². The van der Waals surface area contributed by atoms with Gasteiger partial charge in [-0.3, -0.25) is 0 Å². The summed E-state index contributed by atoms with van der Waals surface area (Å²) in [5, 5.41) is 6.18. The molecule has 1 heterocycles. The first-order chi connectivity index (χ1) is 22.3. The van der Waals surface area contributed by atoms with Crippen LogP contribution in [0.5, 0.6) is 0 Å². The minimum absolute atomic E-state index is 1.04. The van der Waals surface area contributed by atoms with Gasteiger partial charge in [-0.25, -0.2) is 0 Å². The Balaban J connectivity index is 1.14. The first-order valence-electron chi connectivity index (χ1n) is 15.3. The normalized spacial score (nSPS) is 11.1. The van der Waals surface area contributed by atoms with Crippen molar-refractivity contribution in [1.82, 2.24) is 4.57 Å². The molecular weight excluding hydrogens is 546 g/mol. The number of rotatable bonds is 7. The largest absolute Gasteiger partial charge is 0.355 e. The molecule has 7 aromatic carbocycles. The molecule has 0 unspecified atom stereocenters. The van der Waals surface area contributed by atoms with Gasteiger partial charge in [0.25, 0.3) is 0 Å². The van der Waals surface area contributed by atoms with Crippen LogP contribution in [0.15, 0.2) is 182 Å². The van der Waals surface area contributed by atoms with Gasteiger partial charge >= 0.3 is 0 Å². The van der Waals surface area contributed by atoms with Gasteiger partial charge in [-0.1, -0.05) is 103 Å². The maximum absolute atomic E-state index is 3.65.